The molecule has 2 aromatic carbocycles. The second-order valence-electron chi connectivity index (χ2n) is 5.85. The number of nitrogens with zero attached hydrogens (tertiary/aromatic N) is 1. The third kappa shape index (κ3) is 5.84. The van der Waals surface area contributed by atoms with Crippen molar-refractivity contribution in [2.24, 2.45) is 0 Å². The molecule has 0 fully saturated rings. The van der Waals surface area contributed by atoms with E-state index < -0.39 is 6.04 Å². The first-order chi connectivity index (χ1) is 12.8. The van der Waals surface area contributed by atoms with Gasteiger partial charge in [-0.15, -0.1) is 0 Å². The Bertz CT molecular complexity index is 809. The van der Waals surface area contributed by atoms with Gasteiger partial charge in [-0.05, 0) is 37.7 Å². The lowest BCUT2D eigenvalue weighted by molar-refractivity contribution is -0.123. The molecule has 0 bridgehead atoms. The maximum atomic E-state index is 12.5. The summed E-state index contributed by atoms with van der Waals surface area (Å²) in [6.07, 6.45) is 0. The second-order valence-corrected chi connectivity index (χ2v) is 7.07. The van der Waals surface area contributed by atoms with Crippen LogP contribution in [0.5, 0.6) is 0 Å². The molecule has 0 saturated carbocycles. The highest BCUT2D eigenvalue weighted by Gasteiger charge is 2.23. The van der Waals surface area contributed by atoms with Crippen molar-refractivity contribution in [1.82, 2.24) is 4.90 Å². The summed E-state index contributed by atoms with van der Waals surface area (Å²) in [5.41, 5.74) is 0.884. The minimum atomic E-state index is -0.543. The summed E-state index contributed by atoms with van der Waals surface area (Å²) >= 11 is 18.2. The van der Waals surface area contributed by atoms with Gasteiger partial charge in [0.1, 0.15) is 0 Å². The van der Waals surface area contributed by atoms with E-state index in [1.165, 1.54) is 0 Å². The number of halogens is 3. The highest BCUT2D eigenvalue weighted by atomic mass is 35.5. The van der Waals surface area contributed by atoms with Crippen LogP contribution < -0.4 is 10.6 Å². The van der Waals surface area contributed by atoms with Crippen molar-refractivity contribution < 1.29 is 9.59 Å². The van der Waals surface area contributed by atoms with Crippen molar-refractivity contribution in [2.45, 2.75) is 19.9 Å². The number of hydrogen-bond donors (Lipinski definition) is 2. The van der Waals surface area contributed by atoms with Crippen LogP contribution in [0.3, 0.4) is 0 Å². The van der Waals surface area contributed by atoms with Gasteiger partial charge in [0.25, 0.3) is 0 Å². The molecule has 2 amide bonds. The average Bonchev–Trinajstić information content (AvgIpc) is 2.64. The summed E-state index contributed by atoms with van der Waals surface area (Å²) in [6, 6.07) is 11.4. The minimum absolute atomic E-state index is 0.00909. The van der Waals surface area contributed by atoms with Crippen LogP contribution in [0.4, 0.5) is 11.4 Å². The number of anilines is 2. The van der Waals surface area contributed by atoms with E-state index in [0.29, 0.717) is 33.0 Å². The fourth-order valence-corrected chi connectivity index (χ4v) is 3.14. The van der Waals surface area contributed by atoms with Gasteiger partial charge < -0.3 is 10.6 Å². The van der Waals surface area contributed by atoms with E-state index in [2.05, 4.69) is 10.6 Å². The molecule has 0 aliphatic heterocycles. The summed E-state index contributed by atoms with van der Waals surface area (Å²) < 4.78 is 0. The van der Waals surface area contributed by atoms with E-state index in [9.17, 15) is 9.59 Å². The number of carbonyl (C=O) groups is 2. The fourth-order valence-electron chi connectivity index (χ4n) is 2.47. The van der Waals surface area contributed by atoms with Crippen LogP contribution in [0.1, 0.15) is 13.8 Å². The monoisotopic (exact) mass is 427 g/mol. The molecular weight excluding hydrogens is 409 g/mol. The maximum Gasteiger partial charge on any atom is 0.241 e. The molecule has 5 nitrogen and oxygen atoms in total. The Morgan fingerprint density at radius 1 is 0.963 bits per heavy atom. The van der Waals surface area contributed by atoms with Crippen LogP contribution >= 0.6 is 34.8 Å². The summed E-state index contributed by atoms with van der Waals surface area (Å²) in [7, 11) is 0. The van der Waals surface area contributed by atoms with Gasteiger partial charge >= 0.3 is 0 Å². The number of rotatable bonds is 7. The molecule has 0 spiro atoms. The minimum Gasteiger partial charge on any atom is -0.323 e. The molecule has 27 heavy (non-hydrogen) atoms. The first-order valence-electron chi connectivity index (χ1n) is 8.36. The Labute approximate surface area is 173 Å². The van der Waals surface area contributed by atoms with Gasteiger partial charge in [0, 0.05) is 0 Å². The predicted octanol–water partition coefficient (Wildman–Crippen LogP) is 4.93. The second kappa shape index (κ2) is 9.95. The number of amides is 2. The van der Waals surface area contributed by atoms with Crippen LogP contribution in [0.15, 0.2) is 42.5 Å². The quantitative estimate of drug-likeness (QED) is 0.657. The molecule has 1 atom stereocenters. The van der Waals surface area contributed by atoms with Gasteiger partial charge in [-0.3, -0.25) is 14.5 Å². The number of nitrogens with one attached hydrogen (secondary N) is 2. The van der Waals surface area contributed by atoms with E-state index >= 15 is 0 Å². The standard InChI is InChI=1S/C19H20Cl3N3O2/c1-3-25(11-17(26)24-18-14(21)8-6-9-15(18)22)12(2)19(27)23-16-10-5-4-7-13(16)20/h4-10,12H,3,11H2,1-2H3,(H,23,27)(H,24,26). The van der Waals surface area contributed by atoms with Crippen LogP contribution in [0.2, 0.25) is 15.1 Å². The average molecular weight is 429 g/mol. The lowest BCUT2D eigenvalue weighted by atomic mass is 10.2. The Morgan fingerprint density at radius 3 is 2.15 bits per heavy atom. The molecule has 2 N–H and O–H groups in total. The van der Waals surface area contributed by atoms with E-state index in [-0.39, 0.29) is 18.4 Å². The van der Waals surface area contributed by atoms with Crippen molar-refractivity contribution in [1.29, 1.82) is 0 Å². The highest BCUT2D eigenvalue weighted by Crippen LogP contribution is 2.29. The Balaban J connectivity index is 2.01. The van der Waals surface area contributed by atoms with Crippen molar-refractivity contribution in [3.8, 4) is 0 Å². The van der Waals surface area contributed by atoms with E-state index in [0.717, 1.165) is 0 Å². The van der Waals surface area contributed by atoms with Crippen LogP contribution in [-0.4, -0.2) is 35.8 Å². The predicted molar refractivity (Wildman–Crippen MR) is 112 cm³/mol. The molecule has 0 aliphatic rings. The summed E-state index contributed by atoms with van der Waals surface area (Å²) in [5, 5.41) is 6.63. The van der Waals surface area contributed by atoms with Crippen molar-refractivity contribution >= 4 is 58.0 Å². The van der Waals surface area contributed by atoms with Crippen molar-refractivity contribution in [2.75, 3.05) is 23.7 Å². The van der Waals surface area contributed by atoms with Crippen LogP contribution in [0.25, 0.3) is 0 Å². The molecule has 2 aromatic rings. The molecule has 0 aromatic heterocycles. The van der Waals surface area contributed by atoms with Crippen molar-refractivity contribution in [3.63, 3.8) is 0 Å². The maximum absolute atomic E-state index is 12.5. The lowest BCUT2D eigenvalue weighted by Crippen LogP contribution is -2.45. The van der Waals surface area contributed by atoms with Gasteiger partial charge in [0.15, 0.2) is 0 Å². The molecule has 0 radical (unpaired) electrons. The van der Waals surface area contributed by atoms with Gasteiger partial charge in [-0.2, -0.15) is 0 Å². The number of likely N-dealkylation sites (N-methyl/N-ethyl adjacent to an activating group) is 1. The number of hydrogen-bond acceptors (Lipinski definition) is 3. The molecule has 144 valence electrons. The number of para-hydroxylation sites is 2. The third-order valence-electron chi connectivity index (χ3n) is 4.04. The van der Waals surface area contributed by atoms with Crippen LogP contribution in [0, 0.1) is 0 Å². The Kier molecular flexibility index (Phi) is 7.92. The van der Waals surface area contributed by atoms with E-state index in [1.54, 1.807) is 54.3 Å². The third-order valence-corrected chi connectivity index (χ3v) is 5.00. The summed E-state index contributed by atoms with van der Waals surface area (Å²) in [6.45, 7) is 4.11. The zero-order chi connectivity index (χ0) is 20.0. The largest absolute Gasteiger partial charge is 0.323 e. The first-order valence-corrected chi connectivity index (χ1v) is 9.50. The molecule has 0 aliphatic carbocycles. The number of carbonyl (C=O) groups excluding carboxylic acids is 2. The van der Waals surface area contributed by atoms with Crippen LogP contribution in [-0.2, 0) is 9.59 Å². The molecule has 8 heteroatoms. The zero-order valence-corrected chi connectivity index (χ0v) is 17.2. The smallest absolute Gasteiger partial charge is 0.241 e. The Hall–Kier alpha value is -1.79. The number of benzene rings is 2. The lowest BCUT2D eigenvalue weighted by Gasteiger charge is -2.26. The molecule has 2 rings (SSSR count). The molecule has 0 heterocycles. The van der Waals surface area contributed by atoms with Gasteiger partial charge in [-0.1, -0.05) is 59.9 Å². The highest BCUT2D eigenvalue weighted by molar-refractivity contribution is 6.39. The fraction of sp³-hybridized carbons (Fsp3) is 0.263. The molecule has 0 saturated heterocycles. The summed E-state index contributed by atoms with van der Waals surface area (Å²) in [5.74, 6) is -0.572. The van der Waals surface area contributed by atoms with Gasteiger partial charge in [0.05, 0.1) is 39.0 Å². The first kappa shape index (κ1) is 21.5. The molecule has 1 unspecified atom stereocenters. The van der Waals surface area contributed by atoms with Gasteiger partial charge in [-0.25, -0.2) is 0 Å². The van der Waals surface area contributed by atoms with E-state index in [4.69, 9.17) is 34.8 Å². The SMILES string of the molecule is CCN(CC(=O)Nc1c(Cl)cccc1Cl)C(C)C(=O)Nc1ccccc1Cl. The summed E-state index contributed by atoms with van der Waals surface area (Å²) in [4.78, 5) is 26.7. The van der Waals surface area contributed by atoms with E-state index in [1.807, 2.05) is 6.92 Å². The zero-order valence-electron chi connectivity index (χ0n) is 14.9. The topological polar surface area (TPSA) is 61.4 Å². The Morgan fingerprint density at radius 2 is 1.56 bits per heavy atom. The normalized spacial score (nSPS) is 11.9. The van der Waals surface area contributed by atoms with Crippen molar-refractivity contribution in [3.05, 3.63) is 57.5 Å². The molecular formula is C19H20Cl3N3O2. The van der Waals surface area contributed by atoms with Gasteiger partial charge in [0.2, 0.25) is 11.8 Å².